The van der Waals surface area contributed by atoms with Gasteiger partial charge in [-0.1, -0.05) is 48.5 Å². The van der Waals surface area contributed by atoms with Gasteiger partial charge < -0.3 is 0 Å². The van der Waals surface area contributed by atoms with Crippen molar-refractivity contribution in [3.8, 4) is 0 Å². The molecule has 122 valence electrons. The van der Waals surface area contributed by atoms with Crippen LogP contribution in [0.2, 0.25) is 0 Å². The molecule has 3 aromatic rings. The Kier molecular flexibility index (Phi) is 5.39. The summed E-state index contributed by atoms with van der Waals surface area (Å²) in [5, 5.41) is 0. The number of hydrogen-bond acceptors (Lipinski definition) is 2. The van der Waals surface area contributed by atoms with Crippen molar-refractivity contribution >= 4 is 0 Å². The molecule has 0 aliphatic heterocycles. The van der Waals surface area contributed by atoms with Gasteiger partial charge in [-0.3, -0.25) is 9.88 Å². The summed E-state index contributed by atoms with van der Waals surface area (Å²) < 4.78 is 0. The van der Waals surface area contributed by atoms with Gasteiger partial charge in [-0.15, -0.1) is 0 Å². The minimum absolute atomic E-state index is 0.921. The van der Waals surface area contributed by atoms with Gasteiger partial charge in [0.1, 0.15) is 0 Å². The van der Waals surface area contributed by atoms with E-state index in [9.17, 15) is 0 Å². The molecule has 0 atom stereocenters. The second-order valence-corrected chi connectivity index (χ2v) is 6.40. The van der Waals surface area contributed by atoms with E-state index < -0.39 is 0 Å². The Balaban J connectivity index is 1.79. The highest BCUT2D eigenvalue weighted by molar-refractivity contribution is 5.30. The van der Waals surface area contributed by atoms with Crippen LogP contribution < -0.4 is 0 Å². The summed E-state index contributed by atoms with van der Waals surface area (Å²) in [5.74, 6) is 0. The van der Waals surface area contributed by atoms with Crippen molar-refractivity contribution in [3.05, 3.63) is 101 Å². The van der Waals surface area contributed by atoms with Crippen LogP contribution in [0.3, 0.4) is 0 Å². The number of hydrogen-bond donors (Lipinski definition) is 0. The van der Waals surface area contributed by atoms with E-state index in [-0.39, 0.29) is 0 Å². The lowest BCUT2D eigenvalue weighted by Gasteiger charge is -2.23. The maximum absolute atomic E-state index is 4.12. The second kappa shape index (κ2) is 7.89. The maximum Gasteiger partial charge on any atom is 0.0271 e. The molecule has 0 spiro atoms. The highest BCUT2D eigenvalue weighted by atomic mass is 15.1. The van der Waals surface area contributed by atoms with Crippen LogP contribution in [0.4, 0.5) is 0 Å². The predicted molar refractivity (Wildman–Crippen MR) is 99.5 cm³/mol. The zero-order valence-electron chi connectivity index (χ0n) is 14.4. The molecule has 0 N–H and O–H groups in total. The molecule has 2 aromatic carbocycles. The van der Waals surface area contributed by atoms with Crippen LogP contribution in [0.25, 0.3) is 0 Å². The van der Waals surface area contributed by atoms with Gasteiger partial charge in [-0.2, -0.15) is 0 Å². The largest absolute Gasteiger partial charge is 0.291 e. The first-order valence-electron chi connectivity index (χ1n) is 8.42. The topological polar surface area (TPSA) is 16.1 Å². The molecule has 0 saturated carbocycles. The lowest BCUT2D eigenvalue weighted by atomic mass is 10.1. The Labute approximate surface area is 144 Å². The normalized spacial score (nSPS) is 11.0. The number of benzene rings is 2. The van der Waals surface area contributed by atoms with Crippen LogP contribution in [-0.2, 0) is 19.6 Å². The second-order valence-electron chi connectivity index (χ2n) is 6.40. The summed E-state index contributed by atoms with van der Waals surface area (Å²) >= 11 is 0. The number of nitrogens with zero attached hydrogens (tertiary/aromatic N) is 2. The first kappa shape index (κ1) is 16.4. The first-order chi connectivity index (χ1) is 11.7. The number of aryl methyl sites for hydroxylation is 2. The van der Waals surface area contributed by atoms with Crippen LogP contribution in [0.5, 0.6) is 0 Å². The Hall–Kier alpha value is -2.45. The Morgan fingerprint density at radius 2 is 1.29 bits per heavy atom. The summed E-state index contributed by atoms with van der Waals surface area (Å²) in [6.07, 6.45) is 3.73. The summed E-state index contributed by atoms with van der Waals surface area (Å²) in [7, 11) is 0. The summed E-state index contributed by atoms with van der Waals surface area (Å²) in [4.78, 5) is 6.60. The van der Waals surface area contributed by atoms with Crippen molar-refractivity contribution in [1.82, 2.24) is 9.88 Å². The van der Waals surface area contributed by atoms with E-state index >= 15 is 0 Å². The Morgan fingerprint density at radius 3 is 1.96 bits per heavy atom. The van der Waals surface area contributed by atoms with Crippen LogP contribution in [0, 0.1) is 13.8 Å². The van der Waals surface area contributed by atoms with Gasteiger partial charge in [0.2, 0.25) is 0 Å². The lowest BCUT2D eigenvalue weighted by molar-refractivity contribution is 0.247. The van der Waals surface area contributed by atoms with E-state index in [1.807, 2.05) is 12.4 Å². The van der Waals surface area contributed by atoms with Gasteiger partial charge in [0, 0.05) is 32.0 Å². The summed E-state index contributed by atoms with van der Waals surface area (Å²) in [6, 6.07) is 21.6. The SMILES string of the molecule is Cc1ccc(CN(Cc2ccccc2)Cc2ccncc2)cc1C. The van der Waals surface area contributed by atoms with Gasteiger partial charge >= 0.3 is 0 Å². The van der Waals surface area contributed by atoms with Crippen LogP contribution in [-0.4, -0.2) is 9.88 Å². The van der Waals surface area contributed by atoms with E-state index in [0.29, 0.717) is 0 Å². The standard InChI is InChI=1S/C22H24N2/c1-18-8-9-22(14-19(18)2)17-24(15-20-6-4-3-5-7-20)16-21-10-12-23-13-11-21/h3-14H,15-17H2,1-2H3. The van der Waals surface area contributed by atoms with Crippen LogP contribution >= 0.6 is 0 Å². The third-order valence-electron chi connectivity index (χ3n) is 4.38. The molecule has 2 heteroatoms. The molecular weight excluding hydrogens is 292 g/mol. The van der Waals surface area contributed by atoms with E-state index in [1.54, 1.807) is 0 Å². The van der Waals surface area contributed by atoms with Gasteiger partial charge in [-0.25, -0.2) is 0 Å². The average Bonchev–Trinajstić information content (AvgIpc) is 2.60. The monoisotopic (exact) mass is 316 g/mol. The Morgan fingerprint density at radius 1 is 0.667 bits per heavy atom. The molecule has 0 unspecified atom stereocenters. The zero-order valence-corrected chi connectivity index (χ0v) is 14.4. The number of rotatable bonds is 6. The molecule has 0 fully saturated rings. The first-order valence-corrected chi connectivity index (χ1v) is 8.42. The highest BCUT2D eigenvalue weighted by Gasteiger charge is 2.09. The zero-order chi connectivity index (χ0) is 16.8. The molecule has 0 saturated heterocycles. The van der Waals surface area contributed by atoms with Crippen molar-refractivity contribution in [2.24, 2.45) is 0 Å². The summed E-state index contributed by atoms with van der Waals surface area (Å²) in [5.41, 5.74) is 6.71. The van der Waals surface area contributed by atoms with Crippen molar-refractivity contribution in [2.45, 2.75) is 33.5 Å². The minimum Gasteiger partial charge on any atom is -0.291 e. The fraction of sp³-hybridized carbons (Fsp3) is 0.227. The van der Waals surface area contributed by atoms with Crippen molar-refractivity contribution < 1.29 is 0 Å². The molecule has 0 amide bonds. The van der Waals surface area contributed by atoms with Gasteiger partial charge in [0.25, 0.3) is 0 Å². The fourth-order valence-corrected chi connectivity index (χ4v) is 2.92. The molecular formula is C22H24N2. The Bertz CT molecular complexity index is 725. The predicted octanol–water partition coefficient (Wildman–Crippen LogP) is 4.90. The number of pyridine rings is 1. The van der Waals surface area contributed by atoms with E-state index in [2.05, 4.69) is 84.4 Å². The molecule has 0 aliphatic rings. The summed E-state index contributed by atoms with van der Waals surface area (Å²) in [6.45, 7) is 7.15. The van der Waals surface area contributed by atoms with Gasteiger partial charge in [0.05, 0.1) is 0 Å². The fourth-order valence-electron chi connectivity index (χ4n) is 2.92. The third-order valence-corrected chi connectivity index (χ3v) is 4.38. The molecule has 24 heavy (non-hydrogen) atoms. The molecule has 1 aromatic heterocycles. The third kappa shape index (κ3) is 4.53. The van der Waals surface area contributed by atoms with Gasteiger partial charge in [-0.05, 0) is 53.8 Å². The van der Waals surface area contributed by atoms with Gasteiger partial charge in [0.15, 0.2) is 0 Å². The molecule has 0 radical (unpaired) electrons. The van der Waals surface area contributed by atoms with E-state index in [0.717, 1.165) is 19.6 Å². The van der Waals surface area contributed by atoms with Crippen LogP contribution in [0.15, 0.2) is 73.1 Å². The van der Waals surface area contributed by atoms with E-state index in [1.165, 1.54) is 27.8 Å². The van der Waals surface area contributed by atoms with Crippen molar-refractivity contribution in [3.63, 3.8) is 0 Å². The minimum atomic E-state index is 0.921. The molecule has 2 nitrogen and oxygen atoms in total. The van der Waals surface area contributed by atoms with Crippen molar-refractivity contribution in [2.75, 3.05) is 0 Å². The van der Waals surface area contributed by atoms with Crippen molar-refractivity contribution in [1.29, 1.82) is 0 Å². The van der Waals surface area contributed by atoms with Crippen LogP contribution in [0.1, 0.15) is 27.8 Å². The lowest BCUT2D eigenvalue weighted by Crippen LogP contribution is -2.22. The molecule has 0 aliphatic carbocycles. The molecule has 1 heterocycles. The quantitative estimate of drug-likeness (QED) is 0.643. The average molecular weight is 316 g/mol. The highest BCUT2D eigenvalue weighted by Crippen LogP contribution is 2.16. The number of aromatic nitrogens is 1. The van der Waals surface area contributed by atoms with E-state index in [4.69, 9.17) is 0 Å². The maximum atomic E-state index is 4.12. The molecule has 3 rings (SSSR count). The smallest absolute Gasteiger partial charge is 0.0271 e. The molecule has 0 bridgehead atoms.